The van der Waals surface area contributed by atoms with Crippen LogP contribution in [0.2, 0.25) is 0 Å². The monoisotopic (exact) mass is 291 g/mol. The highest BCUT2D eigenvalue weighted by Gasteiger charge is 2.48. The highest BCUT2D eigenvalue weighted by atomic mass is 16.4. The number of nitrogens with one attached hydrogen (secondary N) is 1. The first-order valence-corrected chi connectivity index (χ1v) is 7.23. The summed E-state index contributed by atoms with van der Waals surface area (Å²) in [6, 6.07) is 4.90. The van der Waals surface area contributed by atoms with E-state index < -0.39 is 11.5 Å². The second kappa shape index (κ2) is 6.11. The lowest BCUT2D eigenvalue weighted by atomic mass is 9.93. The number of aromatic nitrogens is 1. The molecule has 2 amide bonds. The van der Waals surface area contributed by atoms with Crippen molar-refractivity contribution in [2.75, 3.05) is 6.54 Å². The minimum atomic E-state index is -1.08. The fourth-order valence-corrected chi connectivity index (χ4v) is 2.88. The Hall–Kier alpha value is -2.11. The van der Waals surface area contributed by atoms with Gasteiger partial charge >= 0.3 is 12.0 Å². The number of amides is 2. The Labute approximate surface area is 124 Å². The lowest BCUT2D eigenvalue weighted by Gasteiger charge is -2.34. The highest BCUT2D eigenvalue weighted by Crippen LogP contribution is 2.33. The lowest BCUT2D eigenvalue weighted by Crippen LogP contribution is -2.55. The van der Waals surface area contributed by atoms with Gasteiger partial charge in [0.2, 0.25) is 0 Å². The number of carboxylic acid groups (broad SMARTS) is 1. The van der Waals surface area contributed by atoms with Gasteiger partial charge in [-0.1, -0.05) is 13.0 Å². The summed E-state index contributed by atoms with van der Waals surface area (Å²) in [6.07, 6.45) is 3.30. The molecule has 0 aromatic carbocycles. The molecule has 1 fully saturated rings. The first kappa shape index (κ1) is 15.3. The van der Waals surface area contributed by atoms with E-state index in [0.29, 0.717) is 25.8 Å². The normalized spacial score (nSPS) is 22.9. The number of carbonyl (C=O) groups excluding carboxylic acids is 1. The molecule has 2 atom stereocenters. The number of urea groups is 1. The van der Waals surface area contributed by atoms with E-state index in [1.165, 1.54) is 4.90 Å². The Morgan fingerprint density at radius 1 is 1.52 bits per heavy atom. The number of pyridine rings is 1. The third-order valence-electron chi connectivity index (χ3n) is 4.19. The van der Waals surface area contributed by atoms with E-state index >= 15 is 0 Å². The molecule has 6 heteroatoms. The minimum Gasteiger partial charge on any atom is -0.479 e. The Bertz CT molecular complexity index is 520. The maximum Gasteiger partial charge on any atom is 0.329 e. The lowest BCUT2D eigenvalue weighted by molar-refractivity contribution is -0.148. The summed E-state index contributed by atoms with van der Waals surface area (Å²) in [4.78, 5) is 29.7. The molecule has 114 valence electrons. The Balaban J connectivity index is 2.11. The predicted octanol–water partition coefficient (Wildman–Crippen LogP) is 2.18. The first-order valence-electron chi connectivity index (χ1n) is 7.23. The van der Waals surface area contributed by atoms with Crippen molar-refractivity contribution in [3.8, 4) is 0 Å². The molecule has 0 radical (unpaired) electrons. The summed E-state index contributed by atoms with van der Waals surface area (Å²) in [6.45, 7) is 4.12. The predicted molar refractivity (Wildman–Crippen MR) is 77.8 cm³/mol. The molecule has 2 unspecified atom stereocenters. The van der Waals surface area contributed by atoms with Crippen molar-refractivity contribution in [2.24, 2.45) is 0 Å². The van der Waals surface area contributed by atoms with Gasteiger partial charge in [-0.3, -0.25) is 4.98 Å². The van der Waals surface area contributed by atoms with Crippen LogP contribution in [-0.2, 0) is 4.79 Å². The number of carboxylic acids is 1. The molecule has 0 aliphatic carbocycles. The maximum atomic E-state index is 12.4. The molecule has 1 aliphatic rings. The standard InChI is InChI=1S/C15H21N3O3/c1-3-15(13(19)20)8-6-10-18(15)14(21)17-11(2)12-7-4-5-9-16-12/h4-5,7,9,11H,3,6,8,10H2,1-2H3,(H,17,21)(H,19,20). The van der Waals surface area contributed by atoms with Crippen LogP contribution in [0.4, 0.5) is 4.79 Å². The quantitative estimate of drug-likeness (QED) is 0.890. The average Bonchev–Trinajstić information content (AvgIpc) is 2.93. The van der Waals surface area contributed by atoms with Gasteiger partial charge in [0.1, 0.15) is 5.54 Å². The summed E-state index contributed by atoms with van der Waals surface area (Å²) in [7, 11) is 0. The molecule has 0 saturated carbocycles. The number of rotatable bonds is 4. The third-order valence-corrected chi connectivity index (χ3v) is 4.19. The van der Waals surface area contributed by atoms with Gasteiger partial charge in [0.05, 0.1) is 11.7 Å². The number of nitrogens with zero attached hydrogens (tertiary/aromatic N) is 2. The van der Waals surface area contributed by atoms with Gasteiger partial charge in [0, 0.05) is 12.7 Å². The van der Waals surface area contributed by atoms with E-state index in [4.69, 9.17) is 0 Å². The fourth-order valence-electron chi connectivity index (χ4n) is 2.88. The van der Waals surface area contributed by atoms with Crippen LogP contribution in [0.25, 0.3) is 0 Å². The van der Waals surface area contributed by atoms with E-state index in [9.17, 15) is 14.7 Å². The van der Waals surface area contributed by atoms with Gasteiger partial charge in [-0.2, -0.15) is 0 Å². The number of hydrogen-bond acceptors (Lipinski definition) is 3. The molecule has 0 spiro atoms. The van der Waals surface area contributed by atoms with Crippen LogP contribution >= 0.6 is 0 Å². The first-order chi connectivity index (χ1) is 10.0. The molecule has 0 bridgehead atoms. The summed E-state index contributed by atoms with van der Waals surface area (Å²) in [5.74, 6) is -0.928. The molecular formula is C15H21N3O3. The topological polar surface area (TPSA) is 82.5 Å². The molecule has 1 aromatic rings. The zero-order chi connectivity index (χ0) is 15.5. The molecular weight excluding hydrogens is 270 g/mol. The second-order valence-corrected chi connectivity index (χ2v) is 5.37. The minimum absolute atomic E-state index is 0.261. The largest absolute Gasteiger partial charge is 0.479 e. The van der Waals surface area contributed by atoms with Crippen LogP contribution in [-0.4, -0.2) is 39.1 Å². The number of hydrogen-bond donors (Lipinski definition) is 2. The van der Waals surface area contributed by atoms with Crippen LogP contribution in [0, 0.1) is 0 Å². The Kier molecular flexibility index (Phi) is 4.45. The zero-order valence-corrected chi connectivity index (χ0v) is 12.4. The van der Waals surface area contributed by atoms with Crippen molar-refractivity contribution in [2.45, 2.75) is 44.7 Å². The van der Waals surface area contributed by atoms with E-state index in [2.05, 4.69) is 10.3 Å². The molecule has 6 nitrogen and oxygen atoms in total. The Morgan fingerprint density at radius 2 is 2.29 bits per heavy atom. The van der Waals surface area contributed by atoms with E-state index in [1.807, 2.05) is 32.0 Å². The molecule has 2 N–H and O–H groups in total. The molecule has 1 aromatic heterocycles. The van der Waals surface area contributed by atoms with Gasteiger partial charge in [-0.15, -0.1) is 0 Å². The smallest absolute Gasteiger partial charge is 0.329 e. The van der Waals surface area contributed by atoms with Gasteiger partial charge in [0.25, 0.3) is 0 Å². The molecule has 2 heterocycles. The van der Waals surface area contributed by atoms with E-state index in [-0.39, 0.29) is 12.1 Å². The number of carbonyl (C=O) groups is 2. The molecule has 21 heavy (non-hydrogen) atoms. The van der Waals surface area contributed by atoms with Gasteiger partial charge in [-0.25, -0.2) is 9.59 Å². The van der Waals surface area contributed by atoms with Crippen molar-refractivity contribution in [1.82, 2.24) is 15.2 Å². The van der Waals surface area contributed by atoms with Crippen LogP contribution in [0.1, 0.15) is 44.8 Å². The summed E-state index contributed by atoms with van der Waals surface area (Å²) in [5.41, 5.74) is -0.323. The molecule has 2 rings (SSSR count). The third kappa shape index (κ3) is 2.84. The Morgan fingerprint density at radius 3 is 2.86 bits per heavy atom. The van der Waals surface area contributed by atoms with Gasteiger partial charge in [0.15, 0.2) is 0 Å². The fraction of sp³-hybridized carbons (Fsp3) is 0.533. The summed E-state index contributed by atoms with van der Waals surface area (Å²) in [5, 5.41) is 12.3. The second-order valence-electron chi connectivity index (χ2n) is 5.37. The number of likely N-dealkylation sites (tertiary alicyclic amines) is 1. The SMILES string of the molecule is CCC1(C(=O)O)CCCN1C(=O)NC(C)c1ccccn1. The van der Waals surface area contributed by atoms with E-state index in [1.54, 1.807) is 6.20 Å². The summed E-state index contributed by atoms with van der Waals surface area (Å²) < 4.78 is 0. The van der Waals surface area contributed by atoms with Crippen LogP contribution in [0.15, 0.2) is 24.4 Å². The zero-order valence-electron chi connectivity index (χ0n) is 12.4. The van der Waals surface area contributed by atoms with Crippen molar-refractivity contribution < 1.29 is 14.7 Å². The summed E-state index contributed by atoms with van der Waals surface area (Å²) >= 11 is 0. The maximum absolute atomic E-state index is 12.4. The van der Waals surface area contributed by atoms with E-state index in [0.717, 1.165) is 5.69 Å². The van der Waals surface area contributed by atoms with Crippen LogP contribution < -0.4 is 5.32 Å². The average molecular weight is 291 g/mol. The van der Waals surface area contributed by atoms with Crippen LogP contribution in [0.3, 0.4) is 0 Å². The van der Waals surface area contributed by atoms with Crippen LogP contribution in [0.5, 0.6) is 0 Å². The van der Waals surface area contributed by atoms with Crippen molar-refractivity contribution in [3.63, 3.8) is 0 Å². The van der Waals surface area contributed by atoms with Crippen molar-refractivity contribution in [3.05, 3.63) is 30.1 Å². The number of aliphatic carboxylic acids is 1. The molecule has 1 saturated heterocycles. The molecule has 1 aliphatic heterocycles. The van der Waals surface area contributed by atoms with Crippen molar-refractivity contribution in [1.29, 1.82) is 0 Å². The highest BCUT2D eigenvalue weighted by molar-refractivity contribution is 5.87. The van der Waals surface area contributed by atoms with Gasteiger partial charge in [-0.05, 0) is 38.3 Å². The van der Waals surface area contributed by atoms with Crippen molar-refractivity contribution >= 4 is 12.0 Å². The van der Waals surface area contributed by atoms with Gasteiger partial charge < -0.3 is 15.3 Å².